The minimum Gasteiger partial charge on any atom is -0.470 e. The smallest absolute Gasteiger partial charge is 0.253 e. The van der Waals surface area contributed by atoms with Gasteiger partial charge in [-0.2, -0.15) is 0 Å². The average molecular weight is 314 g/mol. The molecule has 1 saturated heterocycles. The van der Waals surface area contributed by atoms with Crippen LogP contribution in [0.5, 0.6) is 5.88 Å². The van der Waals surface area contributed by atoms with Crippen LogP contribution in [0.3, 0.4) is 0 Å². The Morgan fingerprint density at radius 2 is 2.22 bits per heavy atom. The number of carbonyl (C=O) groups excluding carboxylic acids is 1. The van der Waals surface area contributed by atoms with E-state index < -0.39 is 0 Å². The third-order valence-electron chi connectivity index (χ3n) is 3.58. The molecule has 0 aliphatic carbocycles. The SMILES string of the molecule is Nc1ccc(C(=O)N[C@@H]2CCOC[C@H]2Oc2ccccn2)cn1. The van der Waals surface area contributed by atoms with Crippen LogP contribution >= 0.6 is 0 Å². The second kappa shape index (κ2) is 7.06. The number of nitrogens with zero attached hydrogens (tertiary/aromatic N) is 2. The quantitative estimate of drug-likeness (QED) is 0.874. The summed E-state index contributed by atoms with van der Waals surface area (Å²) in [6.45, 7) is 0.981. The summed E-state index contributed by atoms with van der Waals surface area (Å²) in [6.07, 6.45) is 3.50. The highest BCUT2D eigenvalue weighted by Gasteiger charge is 2.29. The molecule has 7 nitrogen and oxygen atoms in total. The fourth-order valence-electron chi connectivity index (χ4n) is 2.36. The monoisotopic (exact) mass is 314 g/mol. The van der Waals surface area contributed by atoms with Gasteiger partial charge in [-0.3, -0.25) is 4.79 Å². The van der Waals surface area contributed by atoms with E-state index in [0.717, 1.165) is 0 Å². The van der Waals surface area contributed by atoms with Gasteiger partial charge in [0.05, 0.1) is 18.2 Å². The van der Waals surface area contributed by atoms with E-state index in [0.29, 0.717) is 36.9 Å². The van der Waals surface area contributed by atoms with Gasteiger partial charge in [-0.15, -0.1) is 0 Å². The summed E-state index contributed by atoms with van der Waals surface area (Å²) < 4.78 is 11.3. The lowest BCUT2D eigenvalue weighted by Crippen LogP contribution is -2.51. The maximum absolute atomic E-state index is 12.3. The molecule has 0 bridgehead atoms. The molecule has 0 saturated carbocycles. The van der Waals surface area contributed by atoms with Crippen molar-refractivity contribution in [2.24, 2.45) is 0 Å². The molecule has 0 aromatic carbocycles. The Labute approximate surface area is 133 Å². The molecule has 1 fully saturated rings. The van der Waals surface area contributed by atoms with Gasteiger partial charge in [0.1, 0.15) is 11.9 Å². The van der Waals surface area contributed by atoms with Crippen LogP contribution in [-0.4, -0.2) is 41.2 Å². The van der Waals surface area contributed by atoms with Crippen molar-refractivity contribution in [3.8, 4) is 5.88 Å². The minimum atomic E-state index is -0.288. The standard InChI is InChI=1S/C16H18N4O3/c17-14-5-4-11(9-19-14)16(21)20-12-6-8-22-10-13(12)23-15-3-1-2-7-18-15/h1-5,7,9,12-13H,6,8,10H2,(H2,17,19)(H,20,21)/t12-,13-/m1/s1. The van der Waals surface area contributed by atoms with Crippen LogP contribution in [0.25, 0.3) is 0 Å². The van der Waals surface area contributed by atoms with Crippen LogP contribution in [0.1, 0.15) is 16.8 Å². The van der Waals surface area contributed by atoms with E-state index in [1.54, 1.807) is 24.4 Å². The number of rotatable bonds is 4. The van der Waals surface area contributed by atoms with Crippen molar-refractivity contribution in [3.05, 3.63) is 48.3 Å². The molecule has 1 amide bonds. The Morgan fingerprint density at radius 3 is 2.96 bits per heavy atom. The zero-order chi connectivity index (χ0) is 16.1. The number of anilines is 1. The molecule has 3 rings (SSSR count). The third kappa shape index (κ3) is 3.95. The van der Waals surface area contributed by atoms with Crippen molar-refractivity contribution in [2.45, 2.75) is 18.6 Å². The lowest BCUT2D eigenvalue weighted by molar-refractivity contribution is -0.0152. The van der Waals surface area contributed by atoms with Crippen LogP contribution in [0.15, 0.2) is 42.7 Å². The van der Waals surface area contributed by atoms with Crippen LogP contribution < -0.4 is 15.8 Å². The molecule has 0 unspecified atom stereocenters. The number of aromatic nitrogens is 2. The maximum Gasteiger partial charge on any atom is 0.253 e. The van der Waals surface area contributed by atoms with Gasteiger partial charge in [-0.1, -0.05) is 6.07 Å². The molecule has 120 valence electrons. The average Bonchev–Trinajstić information content (AvgIpc) is 2.58. The van der Waals surface area contributed by atoms with E-state index in [1.807, 2.05) is 12.1 Å². The number of amides is 1. The summed E-state index contributed by atoms with van der Waals surface area (Å²) in [7, 11) is 0. The molecule has 1 aliphatic heterocycles. The Balaban J connectivity index is 1.66. The number of nitrogens with one attached hydrogen (secondary N) is 1. The van der Waals surface area contributed by atoms with Crippen molar-refractivity contribution in [3.63, 3.8) is 0 Å². The van der Waals surface area contributed by atoms with E-state index in [-0.39, 0.29) is 18.1 Å². The summed E-state index contributed by atoms with van der Waals surface area (Å²) in [5.74, 6) is 0.680. The van der Waals surface area contributed by atoms with E-state index in [9.17, 15) is 4.79 Å². The summed E-state index contributed by atoms with van der Waals surface area (Å²) in [4.78, 5) is 20.4. The summed E-state index contributed by atoms with van der Waals surface area (Å²) >= 11 is 0. The van der Waals surface area contributed by atoms with Crippen molar-refractivity contribution in [2.75, 3.05) is 18.9 Å². The number of hydrogen-bond acceptors (Lipinski definition) is 6. The summed E-state index contributed by atoms with van der Waals surface area (Å²) in [5, 5.41) is 2.97. The van der Waals surface area contributed by atoms with Gasteiger partial charge in [0, 0.05) is 25.1 Å². The second-order valence-corrected chi connectivity index (χ2v) is 5.24. The first-order valence-electron chi connectivity index (χ1n) is 7.40. The number of nitrogens with two attached hydrogens (primary N) is 1. The van der Waals surface area contributed by atoms with Crippen LogP contribution in [0.4, 0.5) is 5.82 Å². The predicted octanol–water partition coefficient (Wildman–Crippen LogP) is 1.03. The zero-order valence-corrected chi connectivity index (χ0v) is 12.5. The highest BCUT2D eigenvalue weighted by Crippen LogP contribution is 2.16. The largest absolute Gasteiger partial charge is 0.470 e. The van der Waals surface area contributed by atoms with Gasteiger partial charge in [0.15, 0.2) is 0 Å². The molecule has 0 radical (unpaired) electrons. The number of hydrogen-bond donors (Lipinski definition) is 2. The second-order valence-electron chi connectivity index (χ2n) is 5.24. The third-order valence-corrected chi connectivity index (χ3v) is 3.58. The molecule has 7 heteroatoms. The van der Waals surface area contributed by atoms with Gasteiger partial charge in [-0.05, 0) is 24.6 Å². The molecule has 2 aromatic heterocycles. The Bertz CT molecular complexity index is 648. The zero-order valence-electron chi connectivity index (χ0n) is 12.5. The molecule has 3 heterocycles. The molecule has 1 aliphatic rings. The van der Waals surface area contributed by atoms with Gasteiger partial charge >= 0.3 is 0 Å². The fraction of sp³-hybridized carbons (Fsp3) is 0.312. The van der Waals surface area contributed by atoms with Crippen LogP contribution in [0.2, 0.25) is 0 Å². The predicted molar refractivity (Wildman–Crippen MR) is 84.0 cm³/mol. The van der Waals surface area contributed by atoms with Crippen molar-refractivity contribution >= 4 is 11.7 Å². The highest BCUT2D eigenvalue weighted by molar-refractivity contribution is 5.94. The van der Waals surface area contributed by atoms with Gasteiger partial charge in [-0.25, -0.2) is 9.97 Å². The topological polar surface area (TPSA) is 99.4 Å². The first-order valence-corrected chi connectivity index (χ1v) is 7.40. The molecular formula is C16H18N4O3. The number of carbonyl (C=O) groups is 1. The van der Waals surface area contributed by atoms with Crippen molar-refractivity contribution in [1.29, 1.82) is 0 Å². The molecule has 2 atom stereocenters. The maximum atomic E-state index is 12.3. The van der Waals surface area contributed by atoms with E-state index in [4.69, 9.17) is 15.2 Å². The Kier molecular flexibility index (Phi) is 4.68. The van der Waals surface area contributed by atoms with Gasteiger partial charge in [0.25, 0.3) is 5.91 Å². The van der Waals surface area contributed by atoms with Crippen molar-refractivity contribution in [1.82, 2.24) is 15.3 Å². The molecule has 23 heavy (non-hydrogen) atoms. The Hall–Kier alpha value is -2.67. The highest BCUT2D eigenvalue weighted by atomic mass is 16.5. The number of pyridine rings is 2. The number of nitrogen functional groups attached to an aromatic ring is 1. The molecule has 3 N–H and O–H groups in total. The first kappa shape index (κ1) is 15.2. The van der Waals surface area contributed by atoms with E-state index >= 15 is 0 Å². The first-order chi connectivity index (χ1) is 11.2. The van der Waals surface area contributed by atoms with Gasteiger partial charge in [0.2, 0.25) is 5.88 Å². The summed E-state index contributed by atoms with van der Waals surface area (Å²) in [6, 6.07) is 8.52. The Morgan fingerprint density at radius 1 is 1.30 bits per heavy atom. The fourth-order valence-corrected chi connectivity index (χ4v) is 2.36. The van der Waals surface area contributed by atoms with Gasteiger partial charge < -0.3 is 20.5 Å². The van der Waals surface area contributed by atoms with E-state index in [2.05, 4.69) is 15.3 Å². The molecular weight excluding hydrogens is 296 g/mol. The summed E-state index contributed by atoms with van der Waals surface area (Å²) in [5.41, 5.74) is 5.99. The lowest BCUT2D eigenvalue weighted by Gasteiger charge is -2.32. The van der Waals surface area contributed by atoms with Crippen LogP contribution in [0, 0.1) is 0 Å². The van der Waals surface area contributed by atoms with Crippen LogP contribution in [-0.2, 0) is 4.74 Å². The minimum absolute atomic E-state index is 0.157. The van der Waals surface area contributed by atoms with Crippen molar-refractivity contribution < 1.29 is 14.3 Å². The van der Waals surface area contributed by atoms with E-state index in [1.165, 1.54) is 6.20 Å². The molecule has 2 aromatic rings. The number of ether oxygens (including phenoxy) is 2. The lowest BCUT2D eigenvalue weighted by atomic mass is 10.1. The molecule has 0 spiro atoms. The normalized spacial score (nSPS) is 20.7.